The summed E-state index contributed by atoms with van der Waals surface area (Å²) in [6.45, 7) is 5.29. The number of carbonyl (C=O) groups excluding carboxylic acids is 1. The number of nitrogens with zero attached hydrogens (tertiary/aromatic N) is 1. The van der Waals surface area contributed by atoms with Gasteiger partial charge in [-0.1, -0.05) is 18.6 Å². The van der Waals surface area contributed by atoms with Crippen molar-refractivity contribution >= 4 is 11.9 Å². The summed E-state index contributed by atoms with van der Waals surface area (Å²) in [6.07, 6.45) is 2.84. The van der Waals surface area contributed by atoms with E-state index in [1.165, 1.54) is 0 Å². The third-order valence-corrected chi connectivity index (χ3v) is 5.78. The molecule has 0 aromatic heterocycles. The number of likely N-dealkylation sites (tertiary alicyclic amines) is 1. The molecule has 24 heavy (non-hydrogen) atoms. The number of aliphatic carboxylic acids is 1. The Morgan fingerprint density at radius 2 is 2.17 bits per heavy atom. The van der Waals surface area contributed by atoms with Crippen molar-refractivity contribution in [2.24, 2.45) is 11.3 Å². The average molecular weight is 331 g/mol. The van der Waals surface area contributed by atoms with E-state index < -0.39 is 11.4 Å². The van der Waals surface area contributed by atoms with E-state index in [-0.39, 0.29) is 18.2 Å². The van der Waals surface area contributed by atoms with Gasteiger partial charge in [-0.25, -0.2) is 0 Å². The second-order valence-electron chi connectivity index (χ2n) is 7.12. The molecule has 0 spiro atoms. The molecule has 2 aliphatic rings. The normalized spacial score (nSPS) is 25.6. The molecule has 3 rings (SSSR count). The van der Waals surface area contributed by atoms with E-state index in [0.717, 1.165) is 29.7 Å². The molecular formula is C19H25NO4. The zero-order valence-electron chi connectivity index (χ0n) is 14.4. The predicted molar refractivity (Wildman–Crippen MR) is 90.0 cm³/mol. The lowest BCUT2D eigenvalue weighted by Gasteiger charge is -2.23. The summed E-state index contributed by atoms with van der Waals surface area (Å²) in [6, 6.07) is 5.88. The number of ether oxygens (including phenoxy) is 1. The monoisotopic (exact) mass is 331 g/mol. The fourth-order valence-electron chi connectivity index (χ4n) is 4.12. The van der Waals surface area contributed by atoms with E-state index in [1.54, 1.807) is 4.90 Å². The van der Waals surface area contributed by atoms with Crippen LogP contribution in [0.3, 0.4) is 0 Å². The molecule has 1 N–H and O–H groups in total. The van der Waals surface area contributed by atoms with Crippen molar-refractivity contribution in [1.29, 1.82) is 0 Å². The maximum atomic E-state index is 12.4. The van der Waals surface area contributed by atoms with Gasteiger partial charge in [-0.15, -0.1) is 0 Å². The van der Waals surface area contributed by atoms with Gasteiger partial charge < -0.3 is 14.7 Å². The zero-order valence-corrected chi connectivity index (χ0v) is 14.4. The first-order chi connectivity index (χ1) is 11.4. The molecule has 0 radical (unpaired) electrons. The molecule has 2 atom stereocenters. The van der Waals surface area contributed by atoms with Gasteiger partial charge >= 0.3 is 5.97 Å². The Morgan fingerprint density at radius 1 is 1.38 bits per heavy atom. The third-order valence-electron chi connectivity index (χ3n) is 5.78. The number of rotatable bonds is 5. The number of fused-ring (bicyclic) bond motifs is 1. The highest BCUT2D eigenvalue weighted by Crippen LogP contribution is 2.48. The number of carboxylic acid groups (broad SMARTS) is 1. The van der Waals surface area contributed by atoms with E-state index in [0.29, 0.717) is 26.1 Å². The van der Waals surface area contributed by atoms with Crippen LogP contribution in [-0.2, 0) is 9.59 Å². The van der Waals surface area contributed by atoms with Gasteiger partial charge in [0.05, 0.1) is 18.4 Å². The van der Waals surface area contributed by atoms with Crippen LogP contribution in [0.4, 0.5) is 0 Å². The van der Waals surface area contributed by atoms with Crippen molar-refractivity contribution in [2.75, 3.05) is 19.7 Å². The Bertz CT molecular complexity index is 657. The average Bonchev–Trinajstić information content (AvgIpc) is 3.09. The third kappa shape index (κ3) is 2.87. The van der Waals surface area contributed by atoms with Crippen LogP contribution >= 0.6 is 0 Å². The lowest BCUT2D eigenvalue weighted by molar-refractivity contribution is -0.149. The summed E-state index contributed by atoms with van der Waals surface area (Å²) in [5.74, 6) is 0.171. The maximum Gasteiger partial charge on any atom is 0.311 e. The van der Waals surface area contributed by atoms with Crippen LogP contribution in [0.5, 0.6) is 5.75 Å². The summed E-state index contributed by atoms with van der Waals surface area (Å²) < 4.78 is 5.75. The highest BCUT2D eigenvalue weighted by atomic mass is 16.5. The summed E-state index contributed by atoms with van der Waals surface area (Å²) in [7, 11) is 0. The van der Waals surface area contributed by atoms with E-state index in [4.69, 9.17) is 4.74 Å². The van der Waals surface area contributed by atoms with Crippen LogP contribution < -0.4 is 4.74 Å². The highest BCUT2D eigenvalue weighted by Gasteiger charge is 2.55. The lowest BCUT2D eigenvalue weighted by atomic mass is 9.81. The van der Waals surface area contributed by atoms with Crippen LogP contribution in [-0.4, -0.2) is 41.6 Å². The Hall–Kier alpha value is -2.04. The first kappa shape index (κ1) is 16.8. The molecule has 1 aliphatic heterocycles. The fraction of sp³-hybridized carbons (Fsp3) is 0.579. The molecule has 130 valence electrons. The van der Waals surface area contributed by atoms with Gasteiger partial charge in [0.15, 0.2) is 0 Å². The largest absolute Gasteiger partial charge is 0.493 e. The number of hydrogen-bond donors (Lipinski definition) is 1. The number of carboxylic acids is 1. The smallest absolute Gasteiger partial charge is 0.311 e. The molecule has 1 aromatic rings. The molecule has 1 saturated heterocycles. The molecule has 1 amide bonds. The number of amides is 1. The summed E-state index contributed by atoms with van der Waals surface area (Å²) in [5, 5.41) is 9.59. The van der Waals surface area contributed by atoms with Crippen molar-refractivity contribution in [3.63, 3.8) is 0 Å². The highest BCUT2D eigenvalue weighted by molar-refractivity contribution is 5.81. The van der Waals surface area contributed by atoms with Crippen LogP contribution in [0.25, 0.3) is 0 Å². The van der Waals surface area contributed by atoms with Crippen LogP contribution in [0.15, 0.2) is 18.2 Å². The van der Waals surface area contributed by atoms with Crippen molar-refractivity contribution < 1.29 is 19.4 Å². The van der Waals surface area contributed by atoms with Gasteiger partial charge in [-0.05, 0) is 49.8 Å². The van der Waals surface area contributed by atoms with E-state index in [1.807, 2.05) is 32.0 Å². The van der Waals surface area contributed by atoms with E-state index >= 15 is 0 Å². The molecule has 1 saturated carbocycles. The number of aryl methyl sites for hydroxylation is 1. The van der Waals surface area contributed by atoms with Gasteiger partial charge in [-0.2, -0.15) is 0 Å². The molecule has 5 nitrogen and oxygen atoms in total. The van der Waals surface area contributed by atoms with Gasteiger partial charge in [0.25, 0.3) is 0 Å². The van der Waals surface area contributed by atoms with Crippen LogP contribution in [0.1, 0.15) is 36.8 Å². The molecule has 1 heterocycles. The summed E-state index contributed by atoms with van der Waals surface area (Å²) in [4.78, 5) is 25.8. The molecule has 1 aromatic carbocycles. The van der Waals surface area contributed by atoms with Crippen LogP contribution in [0.2, 0.25) is 0 Å². The van der Waals surface area contributed by atoms with Crippen molar-refractivity contribution in [1.82, 2.24) is 4.90 Å². The zero-order chi connectivity index (χ0) is 17.3. The SMILES string of the molecule is Cc1cccc(OCCC(=O)N2C[C@@H]3CCC[C@@]3(C(=O)O)C2)c1C. The Kier molecular flexibility index (Phi) is 4.52. The summed E-state index contributed by atoms with van der Waals surface area (Å²) >= 11 is 0. The molecule has 5 heteroatoms. The molecule has 2 fully saturated rings. The minimum absolute atomic E-state index is 0.00432. The van der Waals surface area contributed by atoms with Gasteiger partial charge in [0.2, 0.25) is 5.91 Å². The minimum Gasteiger partial charge on any atom is -0.493 e. The van der Waals surface area contributed by atoms with Gasteiger partial charge in [0, 0.05) is 13.1 Å². The number of benzene rings is 1. The second kappa shape index (κ2) is 6.46. The molecule has 0 bridgehead atoms. The lowest BCUT2D eigenvalue weighted by Crippen LogP contribution is -2.37. The molecule has 0 unspecified atom stereocenters. The topological polar surface area (TPSA) is 66.8 Å². The van der Waals surface area contributed by atoms with E-state index in [2.05, 4.69) is 0 Å². The van der Waals surface area contributed by atoms with Crippen LogP contribution in [0, 0.1) is 25.2 Å². The van der Waals surface area contributed by atoms with Crippen molar-refractivity contribution in [3.8, 4) is 5.75 Å². The maximum absolute atomic E-state index is 12.4. The van der Waals surface area contributed by atoms with E-state index in [9.17, 15) is 14.7 Å². The van der Waals surface area contributed by atoms with Crippen molar-refractivity contribution in [3.05, 3.63) is 29.3 Å². The fourth-order valence-corrected chi connectivity index (χ4v) is 4.12. The molecule has 1 aliphatic carbocycles. The first-order valence-corrected chi connectivity index (χ1v) is 8.64. The van der Waals surface area contributed by atoms with Crippen molar-refractivity contribution in [2.45, 2.75) is 39.5 Å². The first-order valence-electron chi connectivity index (χ1n) is 8.64. The summed E-state index contributed by atoms with van der Waals surface area (Å²) in [5.41, 5.74) is 1.55. The van der Waals surface area contributed by atoms with Gasteiger partial charge in [0.1, 0.15) is 5.75 Å². The minimum atomic E-state index is -0.744. The van der Waals surface area contributed by atoms with Gasteiger partial charge in [-0.3, -0.25) is 9.59 Å². The standard InChI is InChI=1S/C19H25NO4/c1-13-5-3-7-16(14(13)2)24-10-8-17(21)20-11-15-6-4-9-19(15,12-20)18(22)23/h3,5,7,15H,4,6,8-12H2,1-2H3,(H,22,23)/t15-,19+/m0/s1. The number of carbonyl (C=O) groups is 2. The predicted octanol–water partition coefficient (Wildman–Crippen LogP) is 2.79. The molecular weight excluding hydrogens is 306 g/mol. The quantitative estimate of drug-likeness (QED) is 0.901. The Labute approximate surface area is 142 Å². The number of hydrogen-bond acceptors (Lipinski definition) is 3. The Balaban J connectivity index is 1.55. The second-order valence-corrected chi connectivity index (χ2v) is 7.12. The Morgan fingerprint density at radius 3 is 2.88 bits per heavy atom.